The van der Waals surface area contributed by atoms with Crippen LogP contribution in [-0.2, 0) is 64.2 Å². The molecule has 0 fully saturated rings. The van der Waals surface area contributed by atoms with Crippen molar-refractivity contribution in [3.05, 3.63) is 215 Å². The van der Waals surface area contributed by atoms with E-state index in [1.165, 1.54) is 50.6 Å². The van der Waals surface area contributed by atoms with Crippen LogP contribution in [0.25, 0.3) is 0 Å². The molecule has 832 valence electrons. The Labute approximate surface area is 906 Å². The quantitative estimate of drug-likeness (QED) is 0.0208. The van der Waals surface area contributed by atoms with Gasteiger partial charge >= 0.3 is 0 Å². The first-order valence-corrected chi connectivity index (χ1v) is 55.1. The Balaban J connectivity index is 0. The molecule has 0 saturated heterocycles. The molecule has 0 aliphatic rings. The molecule has 0 unspecified atom stereocenters. The minimum Gasteiger partial charge on any atom is -0.382 e. The van der Waals surface area contributed by atoms with Crippen LogP contribution in [0.15, 0.2) is 159 Å². The van der Waals surface area contributed by atoms with Gasteiger partial charge in [-0.3, -0.25) is 4.98 Å². The fourth-order valence-electron chi connectivity index (χ4n) is 14.7. The molecule has 0 aliphatic carbocycles. The lowest BCUT2D eigenvalue weighted by Gasteiger charge is -2.25. The molecule has 0 saturated carbocycles. The van der Waals surface area contributed by atoms with Crippen LogP contribution < -0.4 is 51.5 Å². The average Bonchev–Trinajstić information content (AvgIpc) is 0.872. The van der Waals surface area contributed by atoms with Gasteiger partial charge in [-0.2, -0.15) is 0 Å². The molecule has 0 atom stereocenters. The molecule has 10 rings (SSSR count). The number of pyridine rings is 6. The molecule has 0 amide bonds. The zero-order valence-corrected chi connectivity index (χ0v) is 100. The van der Waals surface area contributed by atoms with Crippen molar-refractivity contribution >= 4 is 58.6 Å². The van der Waals surface area contributed by atoms with Crippen molar-refractivity contribution in [1.82, 2.24) is 69.8 Å². The van der Waals surface area contributed by atoms with E-state index in [2.05, 4.69) is 498 Å². The molecule has 0 aliphatic heterocycles. The first-order chi connectivity index (χ1) is 68.5. The normalized spacial score (nSPS) is 10.9. The maximum atomic E-state index is 4.66. The van der Waals surface area contributed by atoms with Crippen molar-refractivity contribution in [2.75, 3.05) is 78.7 Å². The third-order valence-corrected chi connectivity index (χ3v) is 21.3. The number of rotatable bonds is 42. The van der Waals surface area contributed by atoms with Crippen molar-refractivity contribution < 1.29 is 0 Å². The van der Waals surface area contributed by atoms with Crippen LogP contribution in [0.4, 0.5) is 58.6 Å². The summed E-state index contributed by atoms with van der Waals surface area (Å²) in [6, 6.07) is 37.7. The number of aromatic nitrogens is 14. The molecule has 24 nitrogen and oxygen atoms in total. The highest BCUT2D eigenvalue weighted by atomic mass is 15.3. The SMILES string of the molecule is C.C.CC(C)Cc1ccc(NC(C)C)cn1.CC(C)Cc1ccc(NC(C)C)nc1.CC(C)Cc1cccc(N(C)C(C)C)n1.CC(C)Cc1cccc(NC(C)C)n1.CC(C)Cc1cccc(NC(C)C)n1.CC(C)Cc1ccnc(NC(C)C)c1.CC(C)Cc1cnc(N(C)C(C)C)nc1.CC(C)Cc1cnc(NC(C)C)nc1.CCN(c1ncc(CC(C)C)cn1)C(C)C.CCN(c1nccc(CC(C)C)n1)C(C)C. The van der Waals surface area contributed by atoms with Gasteiger partial charge in [0.05, 0.1) is 11.9 Å². The van der Waals surface area contributed by atoms with Crippen LogP contribution in [0.2, 0.25) is 0 Å². The second-order valence-electron chi connectivity index (χ2n) is 45.6. The first kappa shape index (κ1) is 139. The molecule has 0 spiro atoms. The number of hydrogen-bond acceptors (Lipinski definition) is 24. The molecular formula is C124H216N24. The highest BCUT2D eigenvalue weighted by molar-refractivity contribution is 5.44. The molecule has 10 aromatic rings. The van der Waals surface area contributed by atoms with Gasteiger partial charge in [-0.1, -0.05) is 178 Å². The summed E-state index contributed by atoms with van der Waals surface area (Å²) < 4.78 is 0. The van der Waals surface area contributed by atoms with Crippen molar-refractivity contribution in [2.45, 2.75) is 430 Å². The van der Waals surface area contributed by atoms with Gasteiger partial charge in [-0.15, -0.1) is 0 Å². The fourth-order valence-corrected chi connectivity index (χ4v) is 14.7. The van der Waals surface area contributed by atoms with Crippen LogP contribution in [0.1, 0.15) is 362 Å². The van der Waals surface area contributed by atoms with E-state index in [0.717, 1.165) is 136 Å². The summed E-state index contributed by atoms with van der Waals surface area (Å²) >= 11 is 0. The summed E-state index contributed by atoms with van der Waals surface area (Å²) in [5.41, 5.74) is 13.3. The van der Waals surface area contributed by atoms with Crippen molar-refractivity contribution in [1.29, 1.82) is 0 Å². The third kappa shape index (κ3) is 68.0. The summed E-state index contributed by atoms with van der Waals surface area (Å²) in [5, 5.41) is 19.7. The molecule has 148 heavy (non-hydrogen) atoms. The Bertz CT molecular complexity index is 4440. The standard InChI is InChI=1S/2C13H23N3.C13H22N2.C12H21N3.5C12H20N2.C11H19N3.2CH4/c1-6-16(11(4)5)13-14-8-12(9-15-13)7-10(2)3;1-6-16(11(4)5)13-14-8-7-12(15-13)9-10(2)3;1-10(2)9-12-7-6-8-13(14-12)15(5)11(3)4;1-9(2)6-11-7-13-12(14-8-11)15(5)10(3)4;1-9(2)7-11-5-6-12(8-13-11)14-10(3)4;1-9(2)7-11-5-6-13-12(8-11)14-10(3)4;1-9(2)7-11-5-6-12(13-8-11)14-10(3)4;2*1-9(2)8-11-6-5-7-12(14-11)13-10(3)4;1-8(2)5-10-6-12-11(13-7-10)14-9(3)4;;/h8-11H,6-7H2,1-5H3;7-8,10-11H,6,9H2,1-5H3;6-8,10-11H,9H2,1-5H3;7-10H,6H2,1-5H3;5-6,8-10,14H,7H2,1-4H3;2*5-6,8-10H,7H2,1-4H3,(H,13,14);2*5-7,9-10H,8H2,1-4H3,(H,13,14);6-9H,5H2,1-4H3,(H,12,13,14);2*1H4. The maximum Gasteiger partial charge on any atom is 0.225 e. The lowest BCUT2D eigenvalue weighted by Crippen LogP contribution is -2.32. The Morgan fingerprint density at radius 3 is 0.932 bits per heavy atom. The van der Waals surface area contributed by atoms with E-state index in [4.69, 9.17) is 0 Å². The summed E-state index contributed by atoms with van der Waals surface area (Å²) in [6.45, 7) is 93.1. The molecule has 0 bridgehead atoms. The summed E-state index contributed by atoms with van der Waals surface area (Å²) in [6.07, 6.45) is 29.8. The Kier molecular flexibility index (Phi) is 73.0. The number of hydrogen-bond donors (Lipinski definition) is 6. The number of nitrogens with one attached hydrogen (secondary N) is 6. The Morgan fingerprint density at radius 2 is 0.568 bits per heavy atom. The Morgan fingerprint density at radius 1 is 0.230 bits per heavy atom. The largest absolute Gasteiger partial charge is 0.382 e. The third-order valence-electron chi connectivity index (χ3n) is 21.3. The molecule has 24 heteroatoms. The van der Waals surface area contributed by atoms with E-state index in [1.807, 2.05) is 87.2 Å². The molecule has 10 heterocycles. The van der Waals surface area contributed by atoms with Gasteiger partial charge in [0.25, 0.3) is 0 Å². The van der Waals surface area contributed by atoms with E-state index >= 15 is 0 Å². The molecule has 6 N–H and O–H groups in total. The summed E-state index contributed by atoms with van der Waals surface area (Å²) in [7, 11) is 4.11. The highest BCUT2D eigenvalue weighted by Crippen LogP contribution is 2.22. The van der Waals surface area contributed by atoms with Crippen molar-refractivity contribution in [3.8, 4) is 0 Å². The van der Waals surface area contributed by atoms with Gasteiger partial charge in [0.15, 0.2) is 0 Å². The molecule has 10 aromatic heterocycles. The van der Waals surface area contributed by atoms with Gasteiger partial charge < -0.3 is 51.5 Å². The topological polar surface area (TPSA) is 266 Å². The predicted octanol–water partition coefficient (Wildman–Crippen LogP) is 30.7. The molecule has 0 aromatic carbocycles. The summed E-state index contributed by atoms with van der Waals surface area (Å²) in [5.74, 6) is 14.9. The van der Waals surface area contributed by atoms with Crippen LogP contribution >= 0.6 is 0 Å². The fraction of sp³-hybridized carbons (Fsp3) is 0.629. The van der Waals surface area contributed by atoms with Gasteiger partial charge in [0.1, 0.15) is 29.1 Å². The van der Waals surface area contributed by atoms with Crippen LogP contribution in [-0.4, -0.2) is 157 Å². The van der Waals surface area contributed by atoms with E-state index in [1.54, 1.807) is 0 Å². The van der Waals surface area contributed by atoms with E-state index < -0.39 is 0 Å². The second-order valence-corrected chi connectivity index (χ2v) is 45.6. The number of nitrogens with zero attached hydrogens (tertiary/aromatic N) is 18. The highest BCUT2D eigenvalue weighted by Gasteiger charge is 2.17. The summed E-state index contributed by atoms with van der Waals surface area (Å²) in [4.78, 5) is 70.5. The van der Waals surface area contributed by atoms with E-state index in [0.29, 0.717) is 126 Å². The van der Waals surface area contributed by atoms with Gasteiger partial charge in [0, 0.05) is 172 Å². The van der Waals surface area contributed by atoms with Crippen LogP contribution in [0.3, 0.4) is 0 Å². The lowest BCUT2D eigenvalue weighted by molar-refractivity contribution is 0.626. The number of anilines is 10. The van der Waals surface area contributed by atoms with Gasteiger partial charge in [-0.25, -0.2) is 64.8 Å². The van der Waals surface area contributed by atoms with E-state index in [-0.39, 0.29) is 14.9 Å². The monoisotopic (exact) mass is 2040 g/mol. The first-order valence-electron chi connectivity index (χ1n) is 55.1. The second kappa shape index (κ2) is 77.5. The zero-order valence-electron chi connectivity index (χ0n) is 100. The average molecular weight is 2040 g/mol. The van der Waals surface area contributed by atoms with Crippen LogP contribution in [0.5, 0.6) is 0 Å². The van der Waals surface area contributed by atoms with Gasteiger partial charge in [0.2, 0.25) is 23.8 Å². The maximum absolute atomic E-state index is 4.66. The van der Waals surface area contributed by atoms with E-state index in [9.17, 15) is 0 Å². The molecule has 0 radical (unpaired) electrons. The van der Waals surface area contributed by atoms with Gasteiger partial charge in [-0.05, 0) is 376 Å². The van der Waals surface area contributed by atoms with Crippen molar-refractivity contribution in [3.63, 3.8) is 0 Å². The van der Waals surface area contributed by atoms with Crippen molar-refractivity contribution in [2.24, 2.45) is 59.2 Å². The minimum atomic E-state index is 0. The zero-order chi connectivity index (χ0) is 110. The van der Waals surface area contributed by atoms with Crippen LogP contribution in [0, 0.1) is 59.2 Å². The lowest BCUT2D eigenvalue weighted by atomic mass is 10.0. The smallest absolute Gasteiger partial charge is 0.225 e. The Hall–Kier alpha value is -10.8. The minimum absolute atomic E-state index is 0. The predicted molar refractivity (Wildman–Crippen MR) is 648 cm³/mol. The molecular weight excluding hydrogens is 1830 g/mol.